The Balaban J connectivity index is 2.02. The summed E-state index contributed by atoms with van der Waals surface area (Å²) in [6.45, 7) is 5.89. The van der Waals surface area contributed by atoms with Crippen LogP contribution in [0.5, 0.6) is 0 Å². The van der Waals surface area contributed by atoms with Crippen LogP contribution in [0.2, 0.25) is 0 Å². The molecular weight excluding hydrogens is 341 g/mol. The average Bonchev–Trinajstić information content (AvgIpc) is 3.13. The van der Waals surface area contributed by atoms with Crippen LogP contribution in [0.3, 0.4) is 0 Å². The second kappa shape index (κ2) is 8.42. The molecule has 2 N–H and O–H groups in total. The van der Waals surface area contributed by atoms with Gasteiger partial charge in [0.1, 0.15) is 5.82 Å². The van der Waals surface area contributed by atoms with Gasteiger partial charge in [0.25, 0.3) is 0 Å². The zero-order valence-electron chi connectivity index (χ0n) is 15.4. The van der Waals surface area contributed by atoms with Crippen LogP contribution in [-0.2, 0) is 0 Å². The summed E-state index contributed by atoms with van der Waals surface area (Å²) in [5, 5.41) is 1.69. The standard InChI is InChI=1S/C21H22FN5/c1-4-17(24-21(23-3)15-11-7-6-8-12-15)20-18(5-2)27(26-25-20)19-14-10-9-13-16(19)22/h4,6-14,25-26H,1,5H2,2-3H3. The molecule has 27 heavy (non-hydrogen) atoms. The molecule has 1 aliphatic heterocycles. The third-order valence-corrected chi connectivity index (χ3v) is 4.20. The van der Waals surface area contributed by atoms with Crippen LogP contribution in [0, 0.1) is 5.82 Å². The van der Waals surface area contributed by atoms with E-state index in [2.05, 4.69) is 27.5 Å². The van der Waals surface area contributed by atoms with E-state index in [1.165, 1.54) is 6.07 Å². The van der Waals surface area contributed by atoms with Crippen molar-refractivity contribution >= 4 is 17.2 Å². The van der Waals surface area contributed by atoms with Crippen molar-refractivity contribution in [3.05, 3.63) is 90.0 Å². The molecule has 1 aliphatic rings. The molecule has 5 nitrogen and oxygen atoms in total. The fraction of sp³-hybridized carbons (Fsp3) is 0.143. The van der Waals surface area contributed by atoms with Gasteiger partial charge in [0, 0.05) is 12.6 Å². The molecule has 0 aromatic heterocycles. The summed E-state index contributed by atoms with van der Waals surface area (Å²) in [6, 6.07) is 16.3. The van der Waals surface area contributed by atoms with Crippen molar-refractivity contribution < 1.29 is 4.39 Å². The SMILES string of the molecule is C=CC(=NC(=NC)c1ccccc1)C1=C(CC)N(c2ccccc2F)NN1. The number of nitrogens with one attached hydrogen (secondary N) is 2. The minimum absolute atomic E-state index is 0.309. The van der Waals surface area contributed by atoms with E-state index in [0.29, 0.717) is 23.7 Å². The maximum absolute atomic E-state index is 14.2. The van der Waals surface area contributed by atoms with Crippen LogP contribution < -0.4 is 16.0 Å². The maximum atomic E-state index is 14.2. The molecule has 0 atom stereocenters. The van der Waals surface area contributed by atoms with Crippen molar-refractivity contribution in [1.29, 1.82) is 0 Å². The number of amidine groups is 1. The molecule has 2 aromatic rings. The third-order valence-electron chi connectivity index (χ3n) is 4.20. The van der Waals surface area contributed by atoms with Crippen molar-refractivity contribution in [2.24, 2.45) is 9.98 Å². The fourth-order valence-electron chi connectivity index (χ4n) is 2.90. The first-order valence-corrected chi connectivity index (χ1v) is 8.72. The van der Waals surface area contributed by atoms with Gasteiger partial charge in [-0.3, -0.25) is 15.4 Å². The first-order valence-electron chi connectivity index (χ1n) is 8.72. The van der Waals surface area contributed by atoms with Gasteiger partial charge in [-0.1, -0.05) is 56.0 Å². The highest BCUT2D eigenvalue weighted by Crippen LogP contribution is 2.27. The van der Waals surface area contributed by atoms with Crippen LogP contribution in [0.15, 0.2) is 88.6 Å². The lowest BCUT2D eigenvalue weighted by molar-refractivity contribution is 0.598. The minimum Gasteiger partial charge on any atom is -0.300 e. The predicted molar refractivity (Wildman–Crippen MR) is 109 cm³/mol. The number of rotatable bonds is 5. The van der Waals surface area contributed by atoms with Crippen LogP contribution in [-0.4, -0.2) is 18.6 Å². The topological polar surface area (TPSA) is 52.0 Å². The summed E-state index contributed by atoms with van der Waals surface area (Å²) < 4.78 is 14.2. The maximum Gasteiger partial charge on any atom is 0.155 e. The molecule has 6 heteroatoms. The van der Waals surface area contributed by atoms with Crippen molar-refractivity contribution in [3.63, 3.8) is 0 Å². The summed E-state index contributed by atoms with van der Waals surface area (Å²) >= 11 is 0. The predicted octanol–water partition coefficient (Wildman–Crippen LogP) is 3.98. The quantitative estimate of drug-likeness (QED) is 0.624. The lowest BCUT2D eigenvalue weighted by Crippen LogP contribution is -2.38. The number of allylic oxidation sites excluding steroid dienone is 2. The van der Waals surface area contributed by atoms with Gasteiger partial charge in [-0.15, -0.1) is 5.53 Å². The highest BCUT2D eigenvalue weighted by atomic mass is 19.1. The van der Waals surface area contributed by atoms with E-state index < -0.39 is 0 Å². The number of aliphatic imine (C=N–C) groups is 2. The first-order chi connectivity index (χ1) is 13.2. The summed E-state index contributed by atoms with van der Waals surface area (Å²) in [5.74, 6) is 0.288. The summed E-state index contributed by atoms with van der Waals surface area (Å²) in [7, 11) is 1.70. The van der Waals surface area contributed by atoms with Crippen LogP contribution in [0.25, 0.3) is 0 Å². The Bertz CT molecular complexity index is 915. The van der Waals surface area contributed by atoms with E-state index in [0.717, 1.165) is 17.0 Å². The van der Waals surface area contributed by atoms with E-state index in [9.17, 15) is 4.39 Å². The number of hydrogen-bond donors (Lipinski definition) is 2. The molecule has 0 unspecified atom stereocenters. The van der Waals surface area contributed by atoms with Crippen molar-refractivity contribution in [2.75, 3.05) is 12.1 Å². The molecule has 0 bridgehead atoms. The highest BCUT2D eigenvalue weighted by Gasteiger charge is 2.26. The van der Waals surface area contributed by atoms with Crippen molar-refractivity contribution in [3.8, 4) is 0 Å². The lowest BCUT2D eigenvalue weighted by atomic mass is 10.1. The molecule has 138 valence electrons. The molecule has 0 radical (unpaired) electrons. The van der Waals surface area contributed by atoms with Gasteiger partial charge < -0.3 is 0 Å². The zero-order chi connectivity index (χ0) is 19.2. The van der Waals surface area contributed by atoms with Gasteiger partial charge >= 0.3 is 0 Å². The van der Waals surface area contributed by atoms with E-state index in [1.807, 2.05) is 37.3 Å². The number of hydrazine groups is 2. The van der Waals surface area contributed by atoms with E-state index in [1.54, 1.807) is 36.3 Å². The van der Waals surface area contributed by atoms with E-state index in [-0.39, 0.29) is 5.82 Å². The molecule has 0 saturated heterocycles. The van der Waals surface area contributed by atoms with Gasteiger partial charge in [0.15, 0.2) is 5.84 Å². The second-order valence-electron chi connectivity index (χ2n) is 5.81. The Morgan fingerprint density at radius 1 is 1.15 bits per heavy atom. The Morgan fingerprint density at radius 2 is 1.85 bits per heavy atom. The molecule has 0 amide bonds. The molecular formula is C21H22FN5. The molecule has 0 fully saturated rings. The molecule has 2 aromatic carbocycles. The summed E-state index contributed by atoms with van der Waals surface area (Å²) in [5.41, 5.74) is 9.69. The number of nitrogens with zero attached hydrogens (tertiary/aromatic N) is 3. The first kappa shape index (κ1) is 18.5. The third kappa shape index (κ3) is 3.80. The lowest BCUT2D eigenvalue weighted by Gasteiger charge is -2.20. The average molecular weight is 363 g/mol. The number of benzene rings is 2. The van der Waals surface area contributed by atoms with Gasteiger partial charge in [-0.05, 0) is 24.6 Å². The second-order valence-corrected chi connectivity index (χ2v) is 5.81. The van der Waals surface area contributed by atoms with Gasteiger partial charge in [0.05, 0.1) is 22.8 Å². The van der Waals surface area contributed by atoms with Crippen molar-refractivity contribution in [2.45, 2.75) is 13.3 Å². The molecule has 3 rings (SSSR count). The van der Waals surface area contributed by atoms with Crippen LogP contribution in [0.1, 0.15) is 18.9 Å². The van der Waals surface area contributed by atoms with Crippen molar-refractivity contribution in [1.82, 2.24) is 11.0 Å². The number of hydrogen-bond acceptors (Lipinski definition) is 4. The fourth-order valence-corrected chi connectivity index (χ4v) is 2.90. The van der Waals surface area contributed by atoms with Gasteiger partial charge in [0.2, 0.25) is 0 Å². The number of anilines is 1. The largest absolute Gasteiger partial charge is 0.300 e. The Kier molecular flexibility index (Phi) is 5.78. The minimum atomic E-state index is -0.309. The molecule has 1 heterocycles. The normalized spacial score (nSPS) is 15.1. The number of para-hydroxylation sites is 1. The Morgan fingerprint density at radius 3 is 2.48 bits per heavy atom. The molecule has 0 aliphatic carbocycles. The highest BCUT2D eigenvalue weighted by molar-refractivity contribution is 6.17. The molecule has 0 spiro atoms. The summed E-state index contributed by atoms with van der Waals surface area (Å²) in [6.07, 6.45) is 2.33. The summed E-state index contributed by atoms with van der Waals surface area (Å²) in [4.78, 5) is 8.98. The monoisotopic (exact) mass is 363 g/mol. The van der Waals surface area contributed by atoms with Crippen LogP contribution in [0.4, 0.5) is 10.1 Å². The molecule has 0 saturated carbocycles. The van der Waals surface area contributed by atoms with Gasteiger partial charge in [-0.2, -0.15) is 0 Å². The Hall–Kier alpha value is -3.25. The van der Waals surface area contributed by atoms with E-state index in [4.69, 9.17) is 0 Å². The number of halogens is 1. The van der Waals surface area contributed by atoms with Crippen LogP contribution >= 0.6 is 0 Å². The zero-order valence-corrected chi connectivity index (χ0v) is 15.4. The Labute approximate surface area is 158 Å². The smallest absolute Gasteiger partial charge is 0.155 e. The van der Waals surface area contributed by atoms with E-state index >= 15 is 0 Å². The van der Waals surface area contributed by atoms with Gasteiger partial charge in [-0.25, -0.2) is 9.38 Å².